The fraction of sp³-hybridized carbons (Fsp3) is 0.0588. The van der Waals surface area contributed by atoms with Crippen molar-refractivity contribution in [3.05, 3.63) is 66.4 Å². The second-order valence-corrected chi connectivity index (χ2v) is 4.77. The molecule has 0 fully saturated rings. The van der Waals surface area contributed by atoms with Gasteiger partial charge in [0.25, 0.3) is 0 Å². The number of phenolic OH excluding ortho intramolecular Hbond substituents is 1. The summed E-state index contributed by atoms with van der Waals surface area (Å²) in [5.74, 6) is 0.0799. The van der Waals surface area contributed by atoms with Crippen molar-refractivity contribution in [1.29, 1.82) is 0 Å². The number of carbonyl (C=O) groups is 1. The van der Waals surface area contributed by atoms with Crippen molar-refractivity contribution in [2.24, 2.45) is 0 Å². The maximum Gasteiger partial charge on any atom is 0.228 e. The molecule has 0 saturated heterocycles. The van der Waals surface area contributed by atoms with Gasteiger partial charge in [-0.05, 0) is 29.8 Å². The van der Waals surface area contributed by atoms with E-state index >= 15 is 0 Å². The van der Waals surface area contributed by atoms with Gasteiger partial charge in [-0.25, -0.2) is 0 Å². The number of aromatic nitrogens is 1. The van der Waals surface area contributed by atoms with Gasteiger partial charge in [-0.2, -0.15) is 0 Å². The van der Waals surface area contributed by atoms with E-state index in [2.05, 4.69) is 10.3 Å². The lowest BCUT2D eigenvalue weighted by Crippen LogP contribution is -2.14. The number of nitrogens with one attached hydrogen (secondary N) is 1. The van der Waals surface area contributed by atoms with Crippen LogP contribution in [0, 0.1) is 0 Å². The number of anilines is 1. The van der Waals surface area contributed by atoms with Crippen LogP contribution in [0.1, 0.15) is 5.56 Å². The van der Waals surface area contributed by atoms with Gasteiger partial charge in [0.2, 0.25) is 5.91 Å². The molecule has 0 atom stereocenters. The molecule has 0 aliphatic heterocycles. The summed E-state index contributed by atoms with van der Waals surface area (Å²) in [4.78, 5) is 16.4. The molecule has 104 valence electrons. The number of benzene rings is 2. The molecule has 2 aromatic carbocycles. The van der Waals surface area contributed by atoms with E-state index in [4.69, 9.17) is 0 Å². The van der Waals surface area contributed by atoms with E-state index in [1.807, 2.05) is 30.3 Å². The maximum atomic E-state index is 12.1. The molecule has 2 N–H and O–H groups in total. The summed E-state index contributed by atoms with van der Waals surface area (Å²) in [5, 5.41) is 13.1. The highest BCUT2D eigenvalue weighted by atomic mass is 16.3. The van der Waals surface area contributed by atoms with Gasteiger partial charge in [-0.15, -0.1) is 0 Å². The predicted octanol–water partition coefficient (Wildman–Crippen LogP) is 3.12. The standard InChI is InChI=1S/C17H14N2O2/c20-14-8-6-12(7-9-14)11-16(21)19-15-5-1-3-13-4-2-10-18-17(13)15/h1-10,20H,11H2,(H,19,21). The minimum atomic E-state index is -0.112. The topological polar surface area (TPSA) is 62.2 Å². The summed E-state index contributed by atoms with van der Waals surface area (Å²) in [5.41, 5.74) is 2.33. The zero-order valence-corrected chi connectivity index (χ0v) is 11.3. The van der Waals surface area contributed by atoms with Crippen molar-refractivity contribution in [1.82, 2.24) is 4.98 Å². The molecule has 0 unspecified atom stereocenters. The van der Waals surface area contributed by atoms with Crippen LogP contribution >= 0.6 is 0 Å². The Morgan fingerprint density at radius 1 is 1.05 bits per heavy atom. The summed E-state index contributed by atoms with van der Waals surface area (Å²) < 4.78 is 0. The average molecular weight is 278 g/mol. The van der Waals surface area contributed by atoms with Crippen molar-refractivity contribution in [2.45, 2.75) is 6.42 Å². The molecule has 0 aliphatic carbocycles. The number of hydrogen-bond acceptors (Lipinski definition) is 3. The second-order valence-electron chi connectivity index (χ2n) is 4.77. The number of amides is 1. The molecule has 1 amide bonds. The zero-order valence-electron chi connectivity index (χ0n) is 11.3. The van der Waals surface area contributed by atoms with Gasteiger partial charge in [0, 0.05) is 11.6 Å². The fourth-order valence-electron chi connectivity index (χ4n) is 2.20. The van der Waals surface area contributed by atoms with Crippen molar-refractivity contribution in [2.75, 3.05) is 5.32 Å². The first kappa shape index (κ1) is 13.1. The second kappa shape index (κ2) is 5.63. The summed E-state index contributed by atoms with van der Waals surface area (Å²) >= 11 is 0. The van der Waals surface area contributed by atoms with Crippen LogP contribution in [-0.2, 0) is 11.2 Å². The van der Waals surface area contributed by atoms with Gasteiger partial charge in [0.1, 0.15) is 5.75 Å². The Morgan fingerprint density at radius 3 is 2.62 bits per heavy atom. The molecule has 0 bridgehead atoms. The molecule has 0 saturated carbocycles. The Morgan fingerprint density at radius 2 is 1.81 bits per heavy atom. The Labute approximate surface area is 122 Å². The monoisotopic (exact) mass is 278 g/mol. The van der Waals surface area contributed by atoms with Gasteiger partial charge >= 0.3 is 0 Å². The van der Waals surface area contributed by atoms with Crippen LogP contribution in [0.5, 0.6) is 5.75 Å². The number of fused-ring (bicyclic) bond motifs is 1. The highest BCUT2D eigenvalue weighted by Crippen LogP contribution is 2.21. The molecule has 1 aromatic heterocycles. The smallest absolute Gasteiger partial charge is 0.228 e. The lowest BCUT2D eigenvalue weighted by atomic mass is 10.1. The number of para-hydroxylation sites is 1. The van der Waals surface area contributed by atoms with E-state index in [0.29, 0.717) is 5.69 Å². The number of rotatable bonds is 3. The van der Waals surface area contributed by atoms with Crippen LogP contribution in [0.25, 0.3) is 10.9 Å². The minimum absolute atomic E-state index is 0.112. The third-order valence-corrected chi connectivity index (χ3v) is 3.21. The van der Waals surface area contributed by atoms with E-state index in [1.54, 1.807) is 30.5 Å². The molecule has 4 heteroatoms. The van der Waals surface area contributed by atoms with E-state index in [0.717, 1.165) is 16.5 Å². The van der Waals surface area contributed by atoms with Gasteiger partial charge in [-0.3, -0.25) is 9.78 Å². The molecule has 3 aromatic rings. The van der Waals surface area contributed by atoms with E-state index in [9.17, 15) is 9.90 Å². The molecular weight excluding hydrogens is 264 g/mol. The number of nitrogens with zero attached hydrogens (tertiary/aromatic N) is 1. The lowest BCUT2D eigenvalue weighted by molar-refractivity contribution is -0.115. The van der Waals surface area contributed by atoms with Crippen LogP contribution in [0.2, 0.25) is 0 Å². The van der Waals surface area contributed by atoms with E-state index in [-0.39, 0.29) is 18.1 Å². The molecule has 0 spiro atoms. The van der Waals surface area contributed by atoms with Crippen LogP contribution in [0.15, 0.2) is 60.8 Å². The first-order chi connectivity index (χ1) is 10.2. The first-order valence-corrected chi connectivity index (χ1v) is 6.64. The number of pyridine rings is 1. The summed E-state index contributed by atoms with van der Waals surface area (Å²) in [7, 11) is 0. The maximum absolute atomic E-state index is 12.1. The van der Waals surface area contributed by atoms with Crippen molar-refractivity contribution >= 4 is 22.5 Å². The van der Waals surface area contributed by atoms with E-state index in [1.165, 1.54) is 0 Å². The zero-order chi connectivity index (χ0) is 14.7. The highest BCUT2D eigenvalue weighted by Gasteiger charge is 2.07. The van der Waals surface area contributed by atoms with Gasteiger partial charge in [-0.1, -0.05) is 30.3 Å². The Kier molecular flexibility index (Phi) is 3.51. The number of phenols is 1. The molecule has 0 radical (unpaired) electrons. The lowest BCUT2D eigenvalue weighted by Gasteiger charge is -2.08. The highest BCUT2D eigenvalue weighted by molar-refractivity contribution is 6.00. The Bertz CT molecular complexity index is 777. The SMILES string of the molecule is O=C(Cc1ccc(O)cc1)Nc1cccc2cccnc12. The number of hydrogen-bond donors (Lipinski definition) is 2. The summed E-state index contributed by atoms with van der Waals surface area (Å²) in [6, 6.07) is 16.1. The van der Waals surface area contributed by atoms with Crippen LogP contribution < -0.4 is 5.32 Å². The van der Waals surface area contributed by atoms with Crippen molar-refractivity contribution in [3.63, 3.8) is 0 Å². The van der Waals surface area contributed by atoms with Crippen LogP contribution in [0.4, 0.5) is 5.69 Å². The molecule has 4 nitrogen and oxygen atoms in total. The van der Waals surface area contributed by atoms with Crippen molar-refractivity contribution < 1.29 is 9.90 Å². The van der Waals surface area contributed by atoms with Gasteiger partial charge in [0.15, 0.2) is 0 Å². The van der Waals surface area contributed by atoms with Crippen molar-refractivity contribution in [3.8, 4) is 5.75 Å². The quantitative estimate of drug-likeness (QED) is 0.773. The average Bonchev–Trinajstić information content (AvgIpc) is 2.50. The Hall–Kier alpha value is -2.88. The molecule has 3 rings (SSSR count). The van der Waals surface area contributed by atoms with Gasteiger partial charge in [0.05, 0.1) is 17.6 Å². The van der Waals surface area contributed by atoms with Crippen LogP contribution in [-0.4, -0.2) is 16.0 Å². The van der Waals surface area contributed by atoms with E-state index < -0.39 is 0 Å². The largest absolute Gasteiger partial charge is 0.508 e. The molecule has 0 aliphatic rings. The number of aromatic hydroxyl groups is 1. The summed E-state index contributed by atoms with van der Waals surface area (Å²) in [6.45, 7) is 0. The number of carbonyl (C=O) groups excluding carboxylic acids is 1. The molecular formula is C17H14N2O2. The molecule has 1 heterocycles. The normalized spacial score (nSPS) is 10.5. The first-order valence-electron chi connectivity index (χ1n) is 6.64. The molecule has 21 heavy (non-hydrogen) atoms. The van der Waals surface area contributed by atoms with Gasteiger partial charge < -0.3 is 10.4 Å². The predicted molar refractivity (Wildman–Crippen MR) is 82.2 cm³/mol. The third-order valence-electron chi connectivity index (χ3n) is 3.21. The minimum Gasteiger partial charge on any atom is -0.508 e. The Balaban J connectivity index is 1.79. The third kappa shape index (κ3) is 3.00. The summed E-state index contributed by atoms with van der Waals surface area (Å²) in [6.07, 6.45) is 1.96. The fourth-order valence-corrected chi connectivity index (χ4v) is 2.20. The van der Waals surface area contributed by atoms with Crippen LogP contribution in [0.3, 0.4) is 0 Å².